The van der Waals surface area contributed by atoms with Crippen LogP contribution in [0.4, 0.5) is 8.78 Å². The number of ether oxygens (including phenoxy) is 1. The van der Waals surface area contributed by atoms with E-state index in [1.165, 1.54) is 17.0 Å². The maximum absolute atomic E-state index is 13.5. The molecule has 4 nitrogen and oxygen atoms in total. The molecule has 1 fully saturated rings. The van der Waals surface area contributed by atoms with Crippen LogP contribution in [0.3, 0.4) is 0 Å². The smallest absolute Gasteiger partial charge is 0.248 e. The highest BCUT2D eigenvalue weighted by atomic mass is 19.1. The lowest BCUT2D eigenvalue weighted by molar-refractivity contribution is -0.145. The van der Waals surface area contributed by atoms with E-state index in [0.717, 1.165) is 19.2 Å². The molecule has 0 aromatic heterocycles. The van der Waals surface area contributed by atoms with E-state index in [2.05, 4.69) is 5.32 Å². The summed E-state index contributed by atoms with van der Waals surface area (Å²) in [5.74, 6) is -1.52. The average molecular weight is 284 g/mol. The maximum Gasteiger partial charge on any atom is 0.248 e. The molecule has 0 unspecified atom stereocenters. The van der Waals surface area contributed by atoms with Crippen molar-refractivity contribution in [1.82, 2.24) is 10.2 Å². The summed E-state index contributed by atoms with van der Waals surface area (Å²) in [7, 11) is 1.57. The lowest BCUT2D eigenvalue weighted by Gasteiger charge is -2.39. The predicted molar refractivity (Wildman–Crippen MR) is 70.1 cm³/mol. The molecule has 2 rings (SSSR count). The molecule has 0 atom stereocenters. The molecule has 1 saturated heterocycles. The van der Waals surface area contributed by atoms with Gasteiger partial charge < -0.3 is 15.0 Å². The Morgan fingerprint density at radius 3 is 2.70 bits per heavy atom. The SMILES string of the molecule is CN(Cc1ccc(F)cc1F)C(=O)COC1(C)CNC1. The zero-order valence-electron chi connectivity index (χ0n) is 11.6. The molecule has 1 aromatic rings. The number of nitrogens with zero attached hydrogens (tertiary/aromatic N) is 1. The summed E-state index contributed by atoms with van der Waals surface area (Å²) in [4.78, 5) is 13.3. The molecule has 0 radical (unpaired) electrons. The second-order valence-corrected chi connectivity index (χ2v) is 5.33. The van der Waals surface area contributed by atoms with E-state index in [4.69, 9.17) is 4.74 Å². The first-order valence-corrected chi connectivity index (χ1v) is 6.42. The number of amides is 1. The number of benzene rings is 1. The largest absolute Gasteiger partial charge is 0.363 e. The third-order valence-corrected chi connectivity index (χ3v) is 3.39. The minimum atomic E-state index is -0.652. The fourth-order valence-electron chi connectivity index (χ4n) is 1.92. The summed E-state index contributed by atoms with van der Waals surface area (Å²) >= 11 is 0. The normalized spacial score (nSPS) is 16.6. The molecule has 1 aliphatic heterocycles. The van der Waals surface area contributed by atoms with Gasteiger partial charge >= 0.3 is 0 Å². The highest BCUT2D eigenvalue weighted by Gasteiger charge is 2.33. The molecule has 0 aliphatic carbocycles. The summed E-state index contributed by atoms with van der Waals surface area (Å²) < 4.78 is 31.8. The lowest BCUT2D eigenvalue weighted by Crippen LogP contribution is -2.59. The van der Waals surface area contributed by atoms with Crippen molar-refractivity contribution < 1.29 is 18.3 Å². The molecule has 0 spiro atoms. The van der Waals surface area contributed by atoms with Crippen molar-refractivity contribution in [2.75, 3.05) is 26.7 Å². The van der Waals surface area contributed by atoms with Crippen molar-refractivity contribution in [3.63, 3.8) is 0 Å². The Labute approximate surface area is 116 Å². The zero-order chi connectivity index (χ0) is 14.8. The number of rotatable bonds is 5. The molecule has 6 heteroatoms. The molecule has 0 bridgehead atoms. The van der Waals surface area contributed by atoms with Gasteiger partial charge in [0.25, 0.3) is 0 Å². The lowest BCUT2D eigenvalue weighted by atomic mass is 10.0. The van der Waals surface area contributed by atoms with Crippen LogP contribution in [0.25, 0.3) is 0 Å². The number of halogens is 2. The fraction of sp³-hybridized carbons (Fsp3) is 0.500. The second kappa shape index (κ2) is 5.85. The van der Waals surface area contributed by atoms with Gasteiger partial charge in [-0.2, -0.15) is 0 Å². The monoisotopic (exact) mass is 284 g/mol. The Bertz CT molecular complexity index is 504. The van der Waals surface area contributed by atoms with Crippen LogP contribution in [0.5, 0.6) is 0 Å². The van der Waals surface area contributed by atoms with Crippen LogP contribution < -0.4 is 5.32 Å². The quantitative estimate of drug-likeness (QED) is 0.886. The van der Waals surface area contributed by atoms with Crippen molar-refractivity contribution >= 4 is 5.91 Å². The van der Waals surface area contributed by atoms with Crippen LogP contribution in [0.15, 0.2) is 18.2 Å². The topological polar surface area (TPSA) is 41.6 Å². The molecule has 20 heavy (non-hydrogen) atoms. The van der Waals surface area contributed by atoms with E-state index < -0.39 is 11.6 Å². The van der Waals surface area contributed by atoms with Crippen LogP contribution >= 0.6 is 0 Å². The van der Waals surface area contributed by atoms with Gasteiger partial charge in [-0.05, 0) is 13.0 Å². The van der Waals surface area contributed by atoms with Gasteiger partial charge in [-0.15, -0.1) is 0 Å². The summed E-state index contributed by atoms with van der Waals surface area (Å²) in [6.45, 7) is 3.41. The third kappa shape index (κ3) is 3.52. The fourth-order valence-corrected chi connectivity index (χ4v) is 1.92. The van der Waals surface area contributed by atoms with Crippen molar-refractivity contribution in [1.29, 1.82) is 0 Å². The van der Waals surface area contributed by atoms with Crippen LogP contribution in [0.2, 0.25) is 0 Å². The van der Waals surface area contributed by atoms with Crippen LogP contribution in [0.1, 0.15) is 12.5 Å². The van der Waals surface area contributed by atoms with Crippen LogP contribution in [0, 0.1) is 11.6 Å². The summed E-state index contributed by atoms with van der Waals surface area (Å²) in [6, 6.07) is 3.33. The Balaban J connectivity index is 1.87. The summed E-state index contributed by atoms with van der Waals surface area (Å²) in [5, 5.41) is 3.07. The van der Waals surface area contributed by atoms with Crippen LogP contribution in [-0.4, -0.2) is 43.2 Å². The third-order valence-electron chi connectivity index (χ3n) is 3.39. The number of carbonyl (C=O) groups is 1. The van der Waals surface area contributed by atoms with E-state index in [0.29, 0.717) is 0 Å². The standard InChI is InChI=1S/C14H18F2N2O2/c1-14(8-17-9-14)20-7-13(19)18(2)6-10-3-4-11(15)5-12(10)16/h3-5,17H,6-9H2,1-2H3. The predicted octanol–water partition coefficient (Wildman–Crippen LogP) is 1.30. The van der Waals surface area contributed by atoms with Gasteiger partial charge in [0.1, 0.15) is 18.2 Å². The van der Waals surface area contributed by atoms with E-state index in [1.807, 2.05) is 6.92 Å². The Kier molecular flexibility index (Phi) is 4.35. The second-order valence-electron chi connectivity index (χ2n) is 5.33. The van der Waals surface area contributed by atoms with E-state index in [-0.39, 0.29) is 30.2 Å². The number of likely N-dealkylation sites (N-methyl/N-ethyl adjacent to an activating group) is 1. The molecular formula is C14H18F2N2O2. The molecular weight excluding hydrogens is 266 g/mol. The minimum Gasteiger partial charge on any atom is -0.363 e. The summed E-state index contributed by atoms with van der Waals surface area (Å²) in [5.41, 5.74) is -0.0174. The van der Waals surface area contributed by atoms with Gasteiger partial charge in [0.2, 0.25) is 5.91 Å². The first-order valence-electron chi connectivity index (χ1n) is 6.42. The van der Waals surface area contributed by atoms with Crippen molar-refractivity contribution in [2.24, 2.45) is 0 Å². The van der Waals surface area contributed by atoms with Crippen molar-refractivity contribution in [3.05, 3.63) is 35.4 Å². The molecule has 110 valence electrons. The number of hydrogen-bond acceptors (Lipinski definition) is 3. The van der Waals surface area contributed by atoms with Gasteiger partial charge in [-0.1, -0.05) is 6.07 Å². The molecule has 1 amide bonds. The Morgan fingerprint density at radius 2 is 2.15 bits per heavy atom. The average Bonchev–Trinajstić information content (AvgIpc) is 2.36. The highest BCUT2D eigenvalue weighted by Crippen LogP contribution is 2.16. The summed E-state index contributed by atoms with van der Waals surface area (Å²) in [6.07, 6.45) is 0. The first-order chi connectivity index (χ1) is 9.39. The molecule has 1 heterocycles. The van der Waals surface area contributed by atoms with E-state index >= 15 is 0 Å². The highest BCUT2D eigenvalue weighted by molar-refractivity contribution is 5.77. The van der Waals surface area contributed by atoms with Gasteiger partial charge in [0.05, 0.1) is 5.60 Å². The zero-order valence-corrected chi connectivity index (χ0v) is 11.6. The first kappa shape index (κ1) is 14.9. The number of hydrogen-bond donors (Lipinski definition) is 1. The molecule has 0 saturated carbocycles. The molecule has 1 aliphatic rings. The molecule has 1 N–H and O–H groups in total. The number of nitrogens with one attached hydrogen (secondary N) is 1. The van der Waals surface area contributed by atoms with Gasteiger partial charge in [-0.3, -0.25) is 4.79 Å². The van der Waals surface area contributed by atoms with Gasteiger partial charge in [-0.25, -0.2) is 8.78 Å². The molecule has 1 aromatic carbocycles. The maximum atomic E-state index is 13.5. The van der Waals surface area contributed by atoms with Gasteiger partial charge in [0.15, 0.2) is 0 Å². The van der Waals surface area contributed by atoms with Crippen molar-refractivity contribution in [2.45, 2.75) is 19.1 Å². The van der Waals surface area contributed by atoms with Gasteiger partial charge in [0, 0.05) is 38.3 Å². The number of carbonyl (C=O) groups excluding carboxylic acids is 1. The Hall–Kier alpha value is -1.53. The minimum absolute atomic E-state index is 0.0442. The van der Waals surface area contributed by atoms with Crippen molar-refractivity contribution in [3.8, 4) is 0 Å². The van der Waals surface area contributed by atoms with Crippen LogP contribution in [-0.2, 0) is 16.1 Å². The van der Waals surface area contributed by atoms with E-state index in [9.17, 15) is 13.6 Å². The Morgan fingerprint density at radius 1 is 1.45 bits per heavy atom. The van der Waals surface area contributed by atoms with E-state index in [1.54, 1.807) is 7.05 Å².